The smallest absolute Gasteiger partial charge is 0.270 e. The average molecular weight is 456 g/mol. The van der Waals surface area contributed by atoms with Crippen molar-refractivity contribution in [1.29, 1.82) is 0 Å². The summed E-state index contributed by atoms with van der Waals surface area (Å²) in [7, 11) is 0. The van der Waals surface area contributed by atoms with Gasteiger partial charge in [-0.05, 0) is 37.5 Å². The summed E-state index contributed by atoms with van der Waals surface area (Å²) in [4.78, 5) is 36.8. The van der Waals surface area contributed by atoms with Gasteiger partial charge in [0.15, 0.2) is 0 Å². The molecule has 0 atom stereocenters. The fourth-order valence-corrected chi connectivity index (χ4v) is 3.95. The number of non-ortho nitro benzene ring substituents is 1. The van der Waals surface area contributed by atoms with Gasteiger partial charge in [0.2, 0.25) is 11.8 Å². The number of amides is 2. The minimum atomic E-state index is -0.451. The van der Waals surface area contributed by atoms with E-state index in [1.165, 1.54) is 36.5 Å². The Morgan fingerprint density at radius 1 is 1.06 bits per heavy atom. The van der Waals surface area contributed by atoms with Crippen molar-refractivity contribution in [3.8, 4) is 0 Å². The molecular formula is C22H25N5O4S. The molecule has 10 heteroatoms. The van der Waals surface area contributed by atoms with E-state index in [-0.39, 0.29) is 29.0 Å². The van der Waals surface area contributed by atoms with Gasteiger partial charge in [0, 0.05) is 42.2 Å². The van der Waals surface area contributed by atoms with Crippen LogP contribution in [0.1, 0.15) is 24.8 Å². The number of thioether (sulfide) groups is 1. The summed E-state index contributed by atoms with van der Waals surface area (Å²) in [6, 6.07) is 13.8. The molecule has 32 heavy (non-hydrogen) atoms. The second-order valence-electron chi connectivity index (χ2n) is 7.25. The molecule has 1 aliphatic heterocycles. The molecule has 1 heterocycles. The molecule has 0 radical (unpaired) electrons. The predicted molar refractivity (Wildman–Crippen MR) is 127 cm³/mol. The molecule has 1 saturated heterocycles. The van der Waals surface area contributed by atoms with Crippen molar-refractivity contribution in [2.45, 2.75) is 19.3 Å². The number of hydrazone groups is 1. The summed E-state index contributed by atoms with van der Waals surface area (Å²) in [5.74, 6) is -0.354. The molecule has 2 aromatic rings. The number of anilines is 2. The fourth-order valence-electron chi connectivity index (χ4n) is 3.34. The van der Waals surface area contributed by atoms with Crippen LogP contribution in [0.2, 0.25) is 0 Å². The molecule has 168 valence electrons. The third kappa shape index (κ3) is 7.09. The van der Waals surface area contributed by atoms with Gasteiger partial charge in [-0.2, -0.15) is 5.10 Å². The van der Waals surface area contributed by atoms with Crippen LogP contribution < -0.4 is 15.6 Å². The Hall–Kier alpha value is -3.40. The maximum absolute atomic E-state index is 12.0. The van der Waals surface area contributed by atoms with Crippen molar-refractivity contribution in [2.24, 2.45) is 5.10 Å². The molecule has 0 unspecified atom stereocenters. The fraction of sp³-hybridized carbons (Fsp3) is 0.318. The topological polar surface area (TPSA) is 117 Å². The second-order valence-corrected chi connectivity index (χ2v) is 8.23. The third-order valence-corrected chi connectivity index (χ3v) is 5.77. The van der Waals surface area contributed by atoms with Gasteiger partial charge in [0.25, 0.3) is 5.69 Å². The van der Waals surface area contributed by atoms with Crippen molar-refractivity contribution in [3.05, 3.63) is 64.2 Å². The molecule has 2 amide bonds. The number of nitrogens with zero attached hydrogens (tertiary/aromatic N) is 3. The Kier molecular flexibility index (Phi) is 8.61. The first-order valence-electron chi connectivity index (χ1n) is 10.3. The van der Waals surface area contributed by atoms with Crippen LogP contribution in [0.5, 0.6) is 0 Å². The van der Waals surface area contributed by atoms with Crippen LogP contribution >= 0.6 is 11.8 Å². The summed E-state index contributed by atoms with van der Waals surface area (Å²) < 4.78 is 0. The normalized spacial score (nSPS) is 13.7. The van der Waals surface area contributed by atoms with Crippen molar-refractivity contribution in [2.75, 3.05) is 34.8 Å². The van der Waals surface area contributed by atoms with E-state index in [1.807, 2.05) is 18.2 Å². The molecule has 1 aliphatic rings. The number of hydrogen-bond acceptors (Lipinski definition) is 7. The van der Waals surface area contributed by atoms with Crippen LogP contribution in [-0.4, -0.2) is 47.5 Å². The highest BCUT2D eigenvalue weighted by Crippen LogP contribution is 2.26. The molecule has 3 rings (SSSR count). The van der Waals surface area contributed by atoms with Gasteiger partial charge >= 0.3 is 0 Å². The number of rotatable bonds is 9. The maximum atomic E-state index is 12.0. The first-order chi connectivity index (χ1) is 15.5. The van der Waals surface area contributed by atoms with Gasteiger partial charge < -0.3 is 10.2 Å². The van der Waals surface area contributed by atoms with Gasteiger partial charge in [0.1, 0.15) is 0 Å². The van der Waals surface area contributed by atoms with Gasteiger partial charge in [-0.15, -0.1) is 11.8 Å². The van der Waals surface area contributed by atoms with Crippen LogP contribution in [-0.2, 0) is 9.59 Å². The monoisotopic (exact) mass is 455 g/mol. The lowest BCUT2D eigenvalue weighted by Gasteiger charge is -2.29. The lowest BCUT2D eigenvalue weighted by molar-refractivity contribution is -0.384. The van der Waals surface area contributed by atoms with E-state index in [1.54, 1.807) is 18.2 Å². The average Bonchev–Trinajstić information content (AvgIpc) is 2.80. The largest absolute Gasteiger partial charge is 0.371 e. The Bertz CT molecular complexity index is 978. The van der Waals surface area contributed by atoms with E-state index in [0.29, 0.717) is 11.3 Å². The predicted octanol–water partition coefficient (Wildman–Crippen LogP) is 3.41. The van der Waals surface area contributed by atoms with E-state index in [2.05, 4.69) is 20.7 Å². The molecule has 2 N–H and O–H groups in total. The molecule has 1 fully saturated rings. The van der Waals surface area contributed by atoms with Gasteiger partial charge in [-0.25, -0.2) is 5.43 Å². The first kappa shape index (κ1) is 23.3. The minimum absolute atomic E-state index is 0.0291. The van der Waals surface area contributed by atoms with E-state index in [0.717, 1.165) is 31.6 Å². The summed E-state index contributed by atoms with van der Waals surface area (Å²) in [5, 5.41) is 17.9. The number of carbonyl (C=O) groups is 2. The van der Waals surface area contributed by atoms with E-state index < -0.39 is 4.92 Å². The number of benzene rings is 2. The Morgan fingerprint density at radius 3 is 2.50 bits per heavy atom. The molecule has 2 aromatic carbocycles. The molecule has 0 saturated carbocycles. The molecule has 0 bridgehead atoms. The van der Waals surface area contributed by atoms with Crippen molar-refractivity contribution in [3.63, 3.8) is 0 Å². The lowest BCUT2D eigenvalue weighted by Crippen LogP contribution is -2.30. The Labute approximate surface area is 190 Å². The standard InChI is InChI=1S/C22H25N5O4S/c28-21(24-18-7-3-1-4-8-18)15-32-16-22(29)25-23-14-17-13-19(27(30)31)9-10-20(17)26-11-5-2-6-12-26/h1,3-4,7-10,13-14H,2,5-6,11-12,15-16H2,(H,24,28)(H,25,29)/b23-14-. The first-order valence-corrected chi connectivity index (χ1v) is 11.5. The van der Waals surface area contributed by atoms with Crippen LogP contribution in [0, 0.1) is 10.1 Å². The number of nitro groups is 1. The zero-order valence-electron chi connectivity index (χ0n) is 17.5. The minimum Gasteiger partial charge on any atom is -0.371 e. The zero-order chi connectivity index (χ0) is 22.8. The molecule has 0 aromatic heterocycles. The number of nitro benzene ring substituents is 1. The third-order valence-electron chi connectivity index (χ3n) is 4.84. The molecule has 9 nitrogen and oxygen atoms in total. The Balaban J connectivity index is 1.51. The SMILES string of the molecule is O=C(CSCC(=O)Nc1ccccc1)N/N=C\c1cc([N+](=O)[O-])ccc1N1CCCCC1. The highest BCUT2D eigenvalue weighted by molar-refractivity contribution is 8.00. The maximum Gasteiger partial charge on any atom is 0.270 e. The van der Waals surface area contributed by atoms with E-state index in [4.69, 9.17) is 0 Å². The number of carbonyl (C=O) groups excluding carboxylic acids is 2. The van der Waals surface area contributed by atoms with Crippen LogP contribution in [0.25, 0.3) is 0 Å². The quantitative estimate of drug-likeness (QED) is 0.340. The zero-order valence-corrected chi connectivity index (χ0v) is 18.3. The van der Waals surface area contributed by atoms with Gasteiger partial charge in [-0.3, -0.25) is 19.7 Å². The molecule has 0 aliphatic carbocycles. The van der Waals surface area contributed by atoms with Crippen molar-refractivity contribution in [1.82, 2.24) is 5.43 Å². The van der Waals surface area contributed by atoms with Gasteiger partial charge in [-0.1, -0.05) is 18.2 Å². The number of piperidine rings is 1. The summed E-state index contributed by atoms with van der Waals surface area (Å²) in [6.45, 7) is 1.76. The van der Waals surface area contributed by atoms with Crippen molar-refractivity contribution < 1.29 is 14.5 Å². The Morgan fingerprint density at radius 2 is 1.78 bits per heavy atom. The van der Waals surface area contributed by atoms with E-state index in [9.17, 15) is 19.7 Å². The highest BCUT2D eigenvalue weighted by Gasteiger charge is 2.17. The lowest BCUT2D eigenvalue weighted by atomic mass is 10.1. The number of hydrogen-bond donors (Lipinski definition) is 2. The molecular weight excluding hydrogens is 430 g/mol. The van der Waals surface area contributed by atoms with Crippen LogP contribution in [0.3, 0.4) is 0 Å². The van der Waals surface area contributed by atoms with Crippen molar-refractivity contribution >= 4 is 46.9 Å². The van der Waals surface area contributed by atoms with Crippen LogP contribution in [0.4, 0.5) is 17.1 Å². The van der Waals surface area contributed by atoms with Crippen LogP contribution in [0.15, 0.2) is 53.6 Å². The summed E-state index contributed by atoms with van der Waals surface area (Å²) >= 11 is 1.17. The second kappa shape index (κ2) is 11.8. The van der Waals surface area contributed by atoms with E-state index >= 15 is 0 Å². The highest BCUT2D eigenvalue weighted by atomic mass is 32.2. The number of nitrogens with one attached hydrogen (secondary N) is 2. The molecule has 0 spiro atoms. The van der Waals surface area contributed by atoms with Gasteiger partial charge in [0.05, 0.1) is 22.6 Å². The summed E-state index contributed by atoms with van der Waals surface area (Å²) in [6.07, 6.45) is 4.74. The number of para-hydroxylation sites is 1. The summed E-state index contributed by atoms with van der Waals surface area (Å²) in [5.41, 5.74) is 4.54.